The number of aromatic nitrogens is 2. The van der Waals surface area contributed by atoms with Gasteiger partial charge in [0, 0.05) is 17.3 Å². The van der Waals surface area contributed by atoms with Crippen LogP contribution in [-0.4, -0.2) is 9.97 Å². The fourth-order valence-electron chi connectivity index (χ4n) is 2.63. The normalized spacial score (nSPS) is 12.5. The summed E-state index contributed by atoms with van der Waals surface area (Å²) in [6.45, 7) is 4.13. The van der Waals surface area contributed by atoms with Crippen molar-refractivity contribution < 1.29 is 0 Å². The van der Waals surface area contributed by atoms with Crippen molar-refractivity contribution in [3.63, 3.8) is 0 Å². The van der Waals surface area contributed by atoms with Gasteiger partial charge >= 0.3 is 0 Å². The Bertz CT molecular complexity index is 780. The van der Waals surface area contributed by atoms with Crippen LogP contribution in [0.3, 0.4) is 0 Å². The highest BCUT2D eigenvalue weighted by atomic mass is 14.8. The van der Waals surface area contributed by atoms with E-state index < -0.39 is 0 Å². The quantitative estimate of drug-likeness (QED) is 0.796. The maximum atomic E-state index is 6.43. The molecule has 1 unspecified atom stereocenters. The van der Waals surface area contributed by atoms with Gasteiger partial charge in [0.25, 0.3) is 0 Å². The molecule has 0 radical (unpaired) electrons. The topological polar surface area (TPSA) is 51.8 Å². The molecule has 3 heteroatoms. The molecule has 1 atom stereocenters. The molecule has 2 aromatic heterocycles. The predicted octanol–water partition coefficient (Wildman–Crippen LogP) is 3.55. The molecule has 3 aromatic rings. The molecule has 0 aliphatic heterocycles. The fourth-order valence-corrected chi connectivity index (χ4v) is 2.63. The number of nitrogens with two attached hydrogens (primary N) is 1. The van der Waals surface area contributed by atoms with Gasteiger partial charge < -0.3 is 5.73 Å². The van der Waals surface area contributed by atoms with Gasteiger partial charge in [0.05, 0.1) is 17.3 Å². The van der Waals surface area contributed by atoms with E-state index in [4.69, 9.17) is 5.73 Å². The van der Waals surface area contributed by atoms with Gasteiger partial charge in [-0.05, 0) is 48.7 Å². The Balaban J connectivity index is 2.05. The van der Waals surface area contributed by atoms with Crippen LogP contribution in [0.25, 0.3) is 10.9 Å². The van der Waals surface area contributed by atoms with Gasteiger partial charge in [-0.2, -0.15) is 0 Å². The van der Waals surface area contributed by atoms with Crippen molar-refractivity contribution in [3.05, 3.63) is 71.2 Å². The average molecular weight is 277 g/mol. The van der Waals surface area contributed by atoms with Crippen LogP contribution in [0, 0.1) is 6.92 Å². The first-order valence-electron chi connectivity index (χ1n) is 7.25. The van der Waals surface area contributed by atoms with Crippen LogP contribution in [-0.2, 0) is 6.42 Å². The maximum Gasteiger partial charge on any atom is 0.0729 e. The number of fused-ring (bicyclic) bond motifs is 1. The SMILES string of the molecule is CCc1cccnc1C(N)c1ccc2nc(C)ccc2c1. The van der Waals surface area contributed by atoms with Crippen LogP contribution >= 0.6 is 0 Å². The fraction of sp³-hybridized carbons (Fsp3) is 0.222. The summed E-state index contributed by atoms with van der Waals surface area (Å²) in [7, 11) is 0. The van der Waals surface area contributed by atoms with E-state index in [2.05, 4.69) is 35.1 Å². The smallest absolute Gasteiger partial charge is 0.0729 e. The van der Waals surface area contributed by atoms with E-state index in [0.29, 0.717) is 0 Å². The number of hydrogen-bond donors (Lipinski definition) is 1. The lowest BCUT2D eigenvalue weighted by Crippen LogP contribution is -2.15. The Kier molecular flexibility index (Phi) is 3.67. The summed E-state index contributed by atoms with van der Waals surface area (Å²) in [5.74, 6) is 0. The van der Waals surface area contributed by atoms with Crippen LogP contribution in [0.2, 0.25) is 0 Å². The molecule has 2 heterocycles. The van der Waals surface area contributed by atoms with Gasteiger partial charge in [-0.15, -0.1) is 0 Å². The molecule has 0 saturated carbocycles. The van der Waals surface area contributed by atoms with Crippen LogP contribution < -0.4 is 5.73 Å². The van der Waals surface area contributed by atoms with E-state index in [1.165, 1.54) is 5.56 Å². The molecular formula is C18H19N3. The van der Waals surface area contributed by atoms with E-state index in [-0.39, 0.29) is 6.04 Å². The molecule has 3 nitrogen and oxygen atoms in total. The number of hydrogen-bond acceptors (Lipinski definition) is 3. The van der Waals surface area contributed by atoms with Crippen molar-refractivity contribution in [1.29, 1.82) is 0 Å². The van der Waals surface area contributed by atoms with Crippen molar-refractivity contribution in [2.45, 2.75) is 26.3 Å². The van der Waals surface area contributed by atoms with E-state index in [1.54, 1.807) is 6.20 Å². The van der Waals surface area contributed by atoms with Crippen molar-refractivity contribution in [2.24, 2.45) is 5.73 Å². The Morgan fingerprint density at radius 3 is 2.81 bits per heavy atom. The zero-order chi connectivity index (χ0) is 14.8. The third-order valence-corrected chi connectivity index (χ3v) is 3.81. The second-order valence-corrected chi connectivity index (χ2v) is 5.28. The summed E-state index contributed by atoms with van der Waals surface area (Å²) in [5, 5.41) is 1.11. The largest absolute Gasteiger partial charge is 0.319 e. The molecule has 21 heavy (non-hydrogen) atoms. The Morgan fingerprint density at radius 2 is 2.00 bits per heavy atom. The summed E-state index contributed by atoms with van der Waals surface area (Å²) in [5.41, 5.74) is 11.7. The lowest BCUT2D eigenvalue weighted by molar-refractivity contribution is 0.807. The highest BCUT2D eigenvalue weighted by Crippen LogP contribution is 2.24. The first kappa shape index (κ1) is 13.7. The summed E-state index contributed by atoms with van der Waals surface area (Å²) in [6.07, 6.45) is 2.74. The molecule has 2 N–H and O–H groups in total. The maximum absolute atomic E-state index is 6.43. The monoisotopic (exact) mass is 277 g/mol. The Morgan fingerprint density at radius 1 is 1.14 bits per heavy atom. The number of pyridine rings is 2. The lowest BCUT2D eigenvalue weighted by Gasteiger charge is -2.15. The average Bonchev–Trinajstić information content (AvgIpc) is 2.53. The van der Waals surface area contributed by atoms with E-state index in [0.717, 1.165) is 34.3 Å². The third-order valence-electron chi connectivity index (χ3n) is 3.81. The minimum absolute atomic E-state index is 0.202. The molecule has 0 saturated heterocycles. The molecule has 0 spiro atoms. The van der Waals surface area contributed by atoms with Crippen molar-refractivity contribution in [1.82, 2.24) is 9.97 Å². The van der Waals surface area contributed by atoms with Crippen LogP contribution in [0.4, 0.5) is 0 Å². The molecule has 0 aliphatic rings. The predicted molar refractivity (Wildman–Crippen MR) is 86.1 cm³/mol. The molecule has 0 fully saturated rings. The number of rotatable bonds is 3. The molecule has 0 bridgehead atoms. The molecule has 1 aromatic carbocycles. The standard InChI is InChI=1S/C18H19N3/c1-3-13-5-4-10-20-18(13)17(19)15-8-9-16-14(11-15)7-6-12(2)21-16/h4-11,17H,3,19H2,1-2H3. The second-order valence-electron chi connectivity index (χ2n) is 5.28. The van der Waals surface area contributed by atoms with E-state index in [1.807, 2.05) is 31.2 Å². The van der Waals surface area contributed by atoms with Crippen molar-refractivity contribution >= 4 is 10.9 Å². The minimum Gasteiger partial charge on any atom is -0.319 e. The summed E-state index contributed by atoms with van der Waals surface area (Å²) < 4.78 is 0. The van der Waals surface area contributed by atoms with E-state index in [9.17, 15) is 0 Å². The Labute approximate surface area is 124 Å². The Hall–Kier alpha value is -2.26. The van der Waals surface area contributed by atoms with Gasteiger partial charge in [0.15, 0.2) is 0 Å². The van der Waals surface area contributed by atoms with Crippen LogP contribution in [0.1, 0.15) is 35.5 Å². The molecule has 106 valence electrons. The van der Waals surface area contributed by atoms with Crippen LogP contribution in [0.15, 0.2) is 48.7 Å². The van der Waals surface area contributed by atoms with Crippen molar-refractivity contribution in [2.75, 3.05) is 0 Å². The summed E-state index contributed by atoms with van der Waals surface area (Å²) >= 11 is 0. The molecular weight excluding hydrogens is 258 g/mol. The summed E-state index contributed by atoms with van der Waals surface area (Å²) in [4.78, 5) is 9.01. The second kappa shape index (κ2) is 5.62. The molecule has 3 rings (SSSR count). The first-order chi connectivity index (χ1) is 10.2. The molecule has 0 amide bonds. The van der Waals surface area contributed by atoms with Crippen molar-refractivity contribution in [3.8, 4) is 0 Å². The highest BCUT2D eigenvalue weighted by Gasteiger charge is 2.14. The lowest BCUT2D eigenvalue weighted by atomic mass is 9.97. The number of aryl methyl sites for hydroxylation is 2. The zero-order valence-corrected chi connectivity index (χ0v) is 12.4. The minimum atomic E-state index is -0.202. The van der Waals surface area contributed by atoms with Gasteiger partial charge in [-0.3, -0.25) is 9.97 Å². The number of benzene rings is 1. The van der Waals surface area contributed by atoms with E-state index >= 15 is 0 Å². The van der Waals surface area contributed by atoms with Crippen LogP contribution in [0.5, 0.6) is 0 Å². The molecule has 0 aliphatic carbocycles. The zero-order valence-electron chi connectivity index (χ0n) is 12.4. The third kappa shape index (κ3) is 2.65. The van der Waals surface area contributed by atoms with Gasteiger partial charge in [-0.25, -0.2) is 0 Å². The van der Waals surface area contributed by atoms with Gasteiger partial charge in [-0.1, -0.05) is 25.1 Å². The number of nitrogens with zero attached hydrogens (tertiary/aromatic N) is 2. The summed E-state index contributed by atoms with van der Waals surface area (Å²) in [6, 6.07) is 14.2. The highest BCUT2D eigenvalue weighted by molar-refractivity contribution is 5.79. The first-order valence-corrected chi connectivity index (χ1v) is 7.25. The van der Waals surface area contributed by atoms with Gasteiger partial charge in [0.1, 0.15) is 0 Å². The van der Waals surface area contributed by atoms with Gasteiger partial charge in [0.2, 0.25) is 0 Å².